The molecule has 1 N–H and O–H groups in total. The molecule has 0 aromatic heterocycles. The number of carbonyl (C=O) groups excluding carboxylic acids is 1. The molecule has 1 atom stereocenters. The SMILES string of the molecule is CN1CCCCC1CC(=O)C(=O)O. The zero-order valence-corrected chi connectivity index (χ0v) is 7.82. The Bertz CT molecular complexity index is 215. The summed E-state index contributed by atoms with van der Waals surface area (Å²) in [6.07, 6.45) is 3.34. The van der Waals surface area contributed by atoms with Crippen molar-refractivity contribution in [1.82, 2.24) is 4.90 Å². The number of Topliss-reactive ketones (excluding diaryl/α,β-unsaturated/α-hetero) is 1. The lowest BCUT2D eigenvalue weighted by molar-refractivity contribution is -0.149. The largest absolute Gasteiger partial charge is 0.476 e. The average molecular weight is 185 g/mol. The molecule has 1 aliphatic heterocycles. The van der Waals surface area contributed by atoms with Gasteiger partial charge in [-0.3, -0.25) is 4.79 Å². The third-order valence-electron chi connectivity index (χ3n) is 2.58. The maximum atomic E-state index is 10.9. The number of rotatable bonds is 3. The Kier molecular flexibility index (Phi) is 3.42. The van der Waals surface area contributed by atoms with E-state index in [0.717, 1.165) is 25.8 Å². The first-order chi connectivity index (χ1) is 6.11. The monoisotopic (exact) mass is 185 g/mol. The van der Waals surface area contributed by atoms with Gasteiger partial charge in [-0.2, -0.15) is 0 Å². The summed E-state index contributed by atoms with van der Waals surface area (Å²) in [4.78, 5) is 23.3. The van der Waals surface area contributed by atoms with Crippen LogP contribution in [-0.4, -0.2) is 41.4 Å². The van der Waals surface area contributed by atoms with Crippen LogP contribution in [0.15, 0.2) is 0 Å². The number of carbonyl (C=O) groups is 2. The number of carboxylic acid groups (broad SMARTS) is 1. The van der Waals surface area contributed by atoms with Gasteiger partial charge in [0.25, 0.3) is 0 Å². The number of hydrogen-bond donors (Lipinski definition) is 1. The molecule has 0 spiro atoms. The van der Waals surface area contributed by atoms with Gasteiger partial charge in [-0.05, 0) is 26.4 Å². The molecule has 1 rings (SSSR count). The summed E-state index contributed by atoms with van der Waals surface area (Å²) in [5.41, 5.74) is 0. The molecule has 1 heterocycles. The van der Waals surface area contributed by atoms with Crippen LogP contribution in [-0.2, 0) is 9.59 Å². The lowest BCUT2D eigenvalue weighted by atomic mass is 9.98. The van der Waals surface area contributed by atoms with E-state index < -0.39 is 11.8 Å². The van der Waals surface area contributed by atoms with Crippen LogP contribution in [0.2, 0.25) is 0 Å². The molecule has 1 fully saturated rings. The summed E-state index contributed by atoms with van der Waals surface area (Å²) in [5.74, 6) is -1.97. The molecule has 0 aromatic carbocycles. The summed E-state index contributed by atoms with van der Waals surface area (Å²) in [6.45, 7) is 0.970. The Labute approximate surface area is 77.5 Å². The third-order valence-corrected chi connectivity index (χ3v) is 2.58. The molecule has 0 amide bonds. The van der Waals surface area contributed by atoms with Crippen molar-refractivity contribution in [1.29, 1.82) is 0 Å². The van der Waals surface area contributed by atoms with Crippen LogP contribution in [0, 0.1) is 0 Å². The maximum absolute atomic E-state index is 10.9. The van der Waals surface area contributed by atoms with E-state index in [9.17, 15) is 9.59 Å². The number of ketones is 1. The lowest BCUT2D eigenvalue weighted by Gasteiger charge is -2.31. The number of nitrogens with zero attached hydrogens (tertiary/aromatic N) is 1. The Balaban J connectivity index is 2.42. The van der Waals surface area contributed by atoms with Crippen LogP contribution < -0.4 is 0 Å². The highest BCUT2D eigenvalue weighted by Gasteiger charge is 2.24. The molecule has 1 unspecified atom stereocenters. The molecule has 4 nitrogen and oxygen atoms in total. The highest BCUT2D eigenvalue weighted by molar-refractivity contribution is 6.32. The smallest absolute Gasteiger partial charge is 0.372 e. The molecule has 1 aliphatic rings. The number of hydrogen-bond acceptors (Lipinski definition) is 3. The highest BCUT2D eigenvalue weighted by Crippen LogP contribution is 2.17. The summed E-state index contributed by atoms with van der Waals surface area (Å²) in [5, 5.41) is 8.43. The number of piperidine rings is 1. The number of aliphatic carboxylic acids is 1. The second-order valence-corrected chi connectivity index (χ2v) is 3.56. The Hall–Kier alpha value is -0.900. The van der Waals surface area contributed by atoms with Gasteiger partial charge in [-0.25, -0.2) is 4.79 Å². The maximum Gasteiger partial charge on any atom is 0.372 e. The standard InChI is InChI=1S/C9H15NO3/c1-10-5-3-2-4-7(10)6-8(11)9(12)13/h7H,2-6H2,1H3,(H,12,13). The topological polar surface area (TPSA) is 57.6 Å². The molecule has 0 saturated carbocycles. The van der Waals surface area contributed by atoms with Gasteiger partial charge < -0.3 is 10.0 Å². The van der Waals surface area contributed by atoms with Gasteiger partial charge in [0.2, 0.25) is 5.78 Å². The van der Waals surface area contributed by atoms with Crippen molar-refractivity contribution in [3.05, 3.63) is 0 Å². The van der Waals surface area contributed by atoms with Crippen molar-refractivity contribution in [2.24, 2.45) is 0 Å². The third kappa shape index (κ3) is 2.81. The lowest BCUT2D eigenvalue weighted by Crippen LogP contribution is -2.38. The second kappa shape index (κ2) is 4.37. The fourth-order valence-corrected chi connectivity index (χ4v) is 1.70. The van der Waals surface area contributed by atoms with E-state index in [4.69, 9.17) is 5.11 Å². The van der Waals surface area contributed by atoms with E-state index in [2.05, 4.69) is 4.90 Å². The number of carboxylic acids is 1. The van der Waals surface area contributed by atoms with E-state index in [-0.39, 0.29) is 12.5 Å². The van der Waals surface area contributed by atoms with Crippen LogP contribution in [0.5, 0.6) is 0 Å². The van der Waals surface area contributed by atoms with Crippen LogP contribution in [0.3, 0.4) is 0 Å². The van der Waals surface area contributed by atoms with Gasteiger partial charge in [0.15, 0.2) is 0 Å². The van der Waals surface area contributed by atoms with E-state index in [1.54, 1.807) is 0 Å². The van der Waals surface area contributed by atoms with E-state index in [1.807, 2.05) is 7.05 Å². The van der Waals surface area contributed by atoms with E-state index >= 15 is 0 Å². The Morgan fingerprint density at radius 1 is 1.46 bits per heavy atom. The van der Waals surface area contributed by atoms with Gasteiger partial charge in [0.05, 0.1) is 0 Å². The molecule has 4 heteroatoms. The van der Waals surface area contributed by atoms with Gasteiger partial charge in [0, 0.05) is 12.5 Å². The predicted octanol–water partition coefficient (Wildman–Crippen LogP) is 0.514. The summed E-state index contributed by atoms with van der Waals surface area (Å²) < 4.78 is 0. The van der Waals surface area contributed by atoms with E-state index in [0.29, 0.717) is 0 Å². The fourth-order valence-electron chi connectivity index (χ4n) is 1.70. The van der Waals surface area contributed by atoms with E-state index in [1.165, 1.54) is 0 Å². The summed E-state index contributed by atoms with van der Waals surface area (Å²) in [6, 6.07) is 0.136. The summed E-state index contributed by atoms with van der Waals surface area (Å²) in [7, 11) is 1.94. The highest BCUT2D eigenvalue weighted by atomic mass is 16.4. The predicted molar refractivity (Wildman–Crippen MR) is 47.5 cm³/mol. The minimum atomic E-state index is -1.31. The molecule has 74 valence electrons. The molecule has 0 aliphatic carbocycles. The Morgan fingerprint density at radius 2 is 2.15 bits per heavy atom. The first-order valence-electron chi connectivity index (χ1n) is 4.57. The average Bonchev–Trinajstić information content (AvgIpc) is 2.08. The van der Waals surface area contributed by atoms with Crippen molar-refractivity contribution in [2.45, 2.75) is 31.7 Å². The molecule has 0 aromatic rings. The fraction of sp³-hybridized carbons (Fsp3) is 0.778. The molecular weight excluding hydrogens is 170 g/mol. The second-order valence-electron chi connectivity index (χ2n) is 3.56. The van der Waals surface area contributed by atoms with Crippen molar-refractivity contribution in [3.8, 4) is 0 Å². The quantitative estimate of drug-likeness (QED) is 0.651. The molecular formula is C9H15NO3. The normalized spacial score (nSPS) is 24.2. The molecule has 13 heavy (non-hydrogen) atoms. The van der Waals surface area contributed by atoms with Gasteiger partial charge in [0.1, 0.15) is 0 Å². The zero-order valence-electron chi connectivity index (χ0n) is 7.82. The van der Waals surface area contributed by atoms with Gasteiger partial charge in [-0.15, -0.1) is 0 Å². The Morgan fingerprint density at radius 3 is 2.69 bits per heavy atom. The van der Waals surface area contributed by atoms with Crippen LogP contribution in [0.25, 0.3) is 0 Å². The van der Waals surface area contributed by atoms with Gasteiger partial charge >= 0.3 is 5.97 Å². The van der Waals surface area contributed by atoms with Crippen molar-refractivity contribution >= 4 is 11.8 Å². The van der Waals surface area contributed by atoms with Crippen molar-refractivity contribution < 1.29 is 14.7 Å². The summed E-state index contributed by atoms with van der Waals surface area (Å²) >= 11 is 0. The van der Waals surface area contributed by atoms with Crippen LogP contribution >= 0.6 is 0 Å². The van der Waals surface area contributed by atoms with Crippen molar-refractivity contribution in [2.75, 3.05) is 13.6 Å². The molecule has 1 saturated heterocycles. The zero-order chi connectivity index (χ0) is 9.84. The molecule has 0 bridgehead atoms. The molecule has 0 radical (unpaired) electrons. The minimum Gasteiger partial charge on any atom is -0.476 e. The van der Waals surface area contributed by atoms with Gasteiger partial charge in [-0.1, -0.05) is 6.42 Å². The minimum absolute atomic E-state index is 0.136. The van der Waals surface area contributed by atoms with Crippen LogP contribution in [0.4, 0.5) is 0 Å². The first-order valence-corrected chi connectivity index (χ1v) is 4.57. The number of likely N-dealkylation sites (tertiary alicyclic amines) is 1. The first kappa shape index (κ1) is 10.2. The van der Waals surface area contributed by atoms with Crippen LogP contribution in [0.1, 0.15) is 25.7 Å². The van der Waals surface area contributed by atoms with Crippen molar-refractivity contribution in [3.63, 3.8) is 0 Å².